The average molecular weight is 487 g/mol. The Morgan fingerprint density at radius 1 is 0.750 bits per heavy atom. The second kappa shape index (κ2) is 13.8. The Labute approximate surface area is 219 Å². The lowest BCUT2D eigenvalue weighted by atomic mass is 9.77. The number of carbonyl (C=O) groups is 1. The molecule has 0 aromatic heterocycles. The standard InChI is InChI=1S/C34H46O2/c1-3-5-6-7-25-36-34(35)33-23-21-32(22-24-33)31-19-17-30(18-20-31)29-15-13-28(14-16-29)27-11-9-26(8-4-2)10-12-27/h13-20,23,26-27,32H,3-12,21-22,24-25H2,1-2H3. The molecule has 0 aliphatic heterocycles. The molecule has 2 aliphatic carbocycles. The summed E-state index contributed by atoms with van der Waals surface area (Å²) in [7, 11) is 0. The normalized spacial score (nSPS) is 22.2. The Bertz CT molecular complexity index is 961. The smallest absolute Gasteiger partial charge is 0.333 e. The topological polar surface area (TPSA) is 26.3 Å². The molecule has 0 radical (unpaired) electrons. The largest absolute Gasteiger partial charge is 0.462 e. The zero-order valence-corrected chi connectivity index (χ0v) is 22.6. The number of unbranched alkanes of at least 4 members (excludes halogenated alkanes) is 3. The molecule has 0 heterocycles. The molecule has 36 heavy (non-hydrogen) atoms. The number of ether oxygens (including phenoxy) is 1. The van der Waals surface area contributed by atoms with Gasteiger partial charge in [0, 0.05) is 5.57 Å². The third-order valence-corrected chi connectivity index (χ3v) is 8.55. The van der Waals surface area contributed by atoms with E-state index in [1.54, 1.807) is 0 Å². The van der Waals surface area contributed by atoms with Crippen LogP contribution in [-0.4, -0.2) is 12.6 Å². The Hall–Kier alpha value is -2.35. The number of hydrogen-bond acceptors (Lipinski definition) is 2. The van der Waals surface area contributed by atoms with Gasteiger partial charge in [0.1, 0.15) is 0 Å². The van der Waals surface area contributed by atoms with Crippen LogP contribution in [0.1, 0.15) is 120 Å². The van der Waals surface area contributed by atoms with Crippen LogP contribution in [-0.2, 0) is 9.53 Å². The maximum absolute atomic E-state index is 12.4. The number of allylic oxidation sites excluding steroid dienone is 1. The lowest BCUT2D eigenvalue weighted by Crippen LogP contribution is -2.14. The van der Waals surface area contributed by atoms with Crippen LogP contribution in [0.25, 0.3) is 11.1 Å². The van der Waals surface area contributed by atoms with Crippen LogP contribution in [0.5, 0.6) is 0 Å². The fraction of sp³-hybridized carbons (Fsp3) is 0.559. The van der Waals surface area contributed by atoms with Crippen LogP contribution in [0.4, 0.5) is 0 Å². The third kappa shape index (κ3) is 7.34. The van der Waals surface area contributed by atoms with E-state index in [2.05, 4.69) is 68.5 Å². The Morgan fingerprint density at radius 3 is 1.94 bits per heavy atom. The molecule has 0 bridgehead atoms. The van der Waals surface area contributed by atoms with Crippen LogP contribution < -0.4 is 0 Å². The summed E-state index contributed by atoms with van der Waals surface area (Å²) < 4.78 is 5.49. The van der Waals surface area contributed by atoms with Crippen molar-refractivity contribution < 1.29 is 9.53 Å². The van der Waals surface area contributed by atoms with Gasteiger partial charge in [-0.15, -0.1) is 0 Å². The van der Waals surface area contributed by atoms with Gasteiger partial charge in [-0.05, 0) is 91.4 Å². The minimum atomic E-state index is -0.0993. The van der Waals surface area contributed by atoms with Gasteiger partial charge >= 0.3 is 5.97 Å². The van der Waals surface area contributed by atoms with Crippen molar-refractivity contribution in [3.8, 4) is 11.1 Å². The second-order valence-electron chi connectivity index (χ2n) is 11.1. The summed E-state index contributed by atoms with van der Waals surface area (Å²) in [5, 5.41) is 0. The molecule has 0 spiro atoms. The molecule has 1 unspecified atom stereocenters. The van der Waals surface area contributed by atoms with Crippen LogP contribution in [0.15, 0.2) is 60.2 Å². The van der Waals surface area contributed by atoms with Crippen molar-refractivity contribution in [1.82, 2.24) is 0 Å². The molecule has 4 rings (SSSR count). The highest BCUT2D eigenvalue weighted by Crippen LogP contribution is 2.38. The van der Waals surface area contributed by atoms with E-state index in [1.165, 1.54) is 73.6 Å². The molecule has 1 saturated carbocycles. The predicted octanol–water partition coefficient (Wildman–Crippen LogP) is 9.74. The average Bonchev–Trinajstić information content (AvgIpc) is 2.94. The van der Waals surface area contributed by atoms with E-state index in [4.69, 9.17) is 4.74 Å². The zero-order valence-electron chi connectivity index (χ0n) is 22.6. The van der Waals surface area contributed by atoms with Gasteiger partial charge in [0.15, 0.2) is 0 Å². The fourth-order valence-electron chi connectivity index (χ4n) is 6.20. The Balaban J connectivity index is 1.27. The highest BCUT2D eigenvalue weighted by atomic mass is 16.5. The van der Waals surface area contributed by atoms with Crippen molar-refractivity contribution >= 4 is 5.97 Å². The van der Waals surface area contributed by atoms with Crippen LogP contribution in [0.3, 0.4) is 0 Å². The van der Waals surface area contributed by atoms with E-state index in [-0.39, 0.29) is 5.97 Å². The summed E-state index contributed by atoms with van der Waals surface area (Å²) in [6.07, 6.45) is 17.7. The quantitative estimate of drug-likeness (QED) is 0.233. The van der Waals surface area contributed by atoms with Crippen molar-refractivity contribution in [3.63, 3.8) is 0 Å². The van der Waals surface area contributed by atoms with Crippen LogP contribution in [0.2, 0.25) is 0 Å². The molecule has 1 fully saturated rings. The molecule has 2 aromatic carbocycles. The summed E-state index contributed by atoms with van der Waals surface area (Å²) in [5.41, 5.74) is 6.36. The van der Waals surface area contributed by atoms with Crippen LogP contribution in [0, 0.1) is 5.92 Å². The number of esters is 1. The summed E-state index contributed by atoms with van der Waals surface area (Å²) in [5.74, 6) is 2.10. The molecule has 2 aliphatic rings. The van der Waals surface area contributed by atoms with Crippen molar-refractivity contribution in [1.29, 1.82) is 0 Å². The Morgan fingerprint density at radius 2 is 1.39 bits per heavy atom. The van der Waals surface area contributed by atoms with Gasteiger partial charge in [-0.1, -0.05) is 101 Å². The first-order valence-corrected chi connectivity index (χ1v) is 14.7. The molecule has 2 aromatic rings. The monoisotopic (exact) mass is 486 g/mol. The highest BCUT2D eigenvalue weighted by Gasteiger charge is 2.22. The number of benzene rings is 2. The summed E-state index contributed by atoms with van der Waals surface area (Å²) >= 11 is 0. The van der Waals surface area contributed by atoms with Gasteiger partial charge in [-0.3, -0.25) is 0 Å². The molecule has 0 saturated heterocycles. The van der Waals surface area contributed by atoms with Gasteiger partial charge in [0.05, 0.1) is 6.61 Å². The molecule has 0 N–H and O–H groups in total. The number of carbonyl (C=O) groups excluding carboxylic acids is 1. The molecule has 0 amide bonds. The summed E-state index contributed by atoms with van der Waals surface area (Å²) in [6, 6.07) is 18.5. The van der Waals surface area contributed by atoms with Gasteiger partial charge in [0.2, 0.25) is 0 Å². The van der Waals surface area contributed by atoms with Crippen LogP contribution >= 0.6 is 0 Å². The summed E-state index contributed by atoms with van der Waals surface area (Å²) in [6.45, 7) is 5.07. The van der Waals surface area contributed by atoms with Gasteiger partial charge in [-0.25, -0.2) is 4.79 Å². The van der Waals surface area contributed by atoms with E-state index in [0.29, 0.717) is 12.5 Å². The summed E-state index contributed by atoms with van der Waals surface area (Å²) in [4.78, 5) is 12.4. The van der Waals surface area contributed by atoms with Gasteiger partial charge in [0.25, 0.3) is 0 Å². The minimum Gasteiger partial charge on any atom is -0.462 e. The molecular weight excluding hydrogens is 440 g/mol. The molecule has 2 heteroatoms. The van der Waals surface area contributed by atoms with Crippen molar-refractivity contribution in [3.05, 3.63) is 71.3 Å². The fourth-order valence-corrected chi connectivity index (χ4v) is 6.20. The molecule has 194 valence electrons. The minimum absolute atomic E-state index is 0.0993. The molecular formula is C34H46O2. The van der Waals surface area contributed by atoms with Crippen molar-refractivity contribution in [2.24, 2.45) is 5.92 Å². The van der Waals surface area contributed by atoms with Gasteiger partial charge < -0.3 is 4.74 Å². The van der Waals surface area contributed by atoms with Crippen molar-refractivity contribution in [2.45, 2.75) is 109 Å². The third-order valence-electron chi connectivity index (χ3n) is 8.55. The van der Waals surface area contributed by atoms with E-state index < -0.39 is 0 Å². The SMILES string of the molecule is CCCCCCOC(=O)C1=CCC(c2ccc(-c3ccc(C4CCC(CCC)CC4)cc3)cc2)CC1. The number of hydrogen-bond donors (Lipinski definition) is 0. The van der Waals surface area contributed by atoms with E-state index in [1.807, 2.05) is 0 Å². The Kier molecular flexibility index (Phi) is 10.3. The van der Waals surface area contributed by atoms with E-state index in [9.17, 15) is 4.79 Å². The molecule has 2 nitrogen and oxygen atoms in total. The first-order valence-electron chi connectivity index (χ1n) is 14.7. The zero-order chi connectivity index (χ0) is 25.2. The highest BCUT2D eigenvalue weighted by molar-refractivity contribution is 5.88. The van der Waals surface area contributed by atoms with Gasteiger partial charge in [-0.2, -0.15) is 0 Å². The number of rotatable bonds is 11. The maximum atomic E-state index is 12.4. The van der Waals surface area contributed by atoms with Crippen molar-refractivity contribution in [2.75, 3.05) is 6.61 Å². The first kappa shape index (κ1) is 26.7. The maximum Gasteiger partial charge on any atom is 0.333 e. The predicted molar refractivity (Wildman–Crippen MR) is 151 cm³/mol. The van der Waals surface area contributed by atoms with E-state index in [0.717, 1.165) is 49.5 Å². The lowest BCUT2D eigenvalue weighted by Gasteiger charge is -2.28. The van der Waals surface area contributed by atoms with E-state index >= 15 is 0 Å². The lowest BCUT2D eigenvalue weighted by molar-refractivity contribution is -0.139. The second-order valence-corrected chi connectivity index (χ2v) is 11.1. The first-order chi connectivity index (χ1) is 17.7. The molecule has 1 atom stereocenters.